The van der Waals surface area contributed by atoms with Crippen LogP contribution in [0.25, 0.3) is 0 Å². The highest BCUT2D eigenvalue weighted by Gasteiger charge is 2.26. The number of nitrogens with two attached hydrogens (primary N) is 1. The molecule has 1 aromatic rings. The van der Waals surface area contributed by atoms with Gasteiger partial charge in [-0.15, -0.1) is 0 Å². The Morgan fingerprint density at radius 3 is 1.79 bits per heavy atom. The predicted molar refractivity (Wildman–Crippen MR) is 148 cm³/mol. The van der Waals surface area contributed by atoms with Crippen LogP contribution in [0.4, 0.5) is 0 Å². The van der Waals surface area contributed by atoms with Crippen LogP contribution < -0.4 is 15.2 Å². The average Bonchev–Trinajstić information content (AvgIpc) is 2.81. The smallest absolute Gasteiger partial charge is 0.323 e. The Morgan fingerprint density at radius 1 is 0.795 bits per heavy atom. The zero-order chi connectivity index (χ0) is 30.1. The van der Waals surface area contributed by atoms with Gasteiger partial charge in [-0.1, -0.05) is 68.4 Å². The fourth-order valence-electron chi connectivity index (χ4n) is 3.14. The maximum Gasteiger partial charge on any atom is 0.323 e. The number of ether oxygens (including phenoxy) is 4. The Labute approximate surface area is 233 Å². The molecule has 0 aromatic heterocycles. The Morgan fingerprint density at radius 2 is 1.31 bits per heavy atom. The summed E-state index contributed by atoms with van der Waals surface area (Å²) in [7, 11) is 0. The van der Waals surface area contributed by atoms with Gasteiger partial charge in [0.2, 0.25) is 0 Å². The molecule has 0 saturated heterocycles. The van der Waals surface area contributed by atoms with E-state index >= 15 is 0 Å². The molecule has 0 aliphatic rings. The topological polar surface area (TPSA) is 131 Å². The first kappa shape index (κ1) is 34.1. The quantitative estimate of drug-likeness (QED) is 0.270. The van der Waals surface area contributed by atoms with E-state index in [9.17, 15) is 19.2 Å². The van der Waals surface area contributed by atoms with Crippen LogP contribution >= 0.6 is 0 Å². The van der Waals surface area contributed by atoms with Crippen molar-refractivity contribution in [2.24, 2.45) is 34.8 Å². The SMILES string of the molecule is CC(C)C(C)C(=O)Oc1ccc(C[C@H](N)C(=O)O[C@@H](C)COC(=O)CC(C)(C)C)cc1OC(=O)C(C)C(C)C. The molecule has 0 spiro atoms. The van der Waals surface area contributed by atoms with Crippen LogP contribution in [0, 0.1) is 29.1 Å². The third kappa shape index (κ3) is 12.2. The van der Waals surface area contributed by atoms with E-state index in [-0.39, 0.29) is 66.0 Å². The first-order valence-corrected chi connectivity index (χ1v) is 13.6. The lowest BCUT2D eigenvalue weighted by atomic mass is 9.92. The average molecular weight is 550 g/mol. The normalized spacial score (nSPS) is 14.8. The van der Waals surface area contributed by atoms with Gasteiger partial charge in [-0.2, -0.15) is 0 Å². The second-order valence-electron chi connectivity index (χ2n) is 12.2. The Bertz CT molecular complexity index is 995. The maximum absolute atomic E-state index is 12.7. The number of benzene rings is 1. The lowest BCUT2D eigenvalue weighted by Crippen LogP contribution is -2.37. The number of hydrogen-bond acceptors (Lipinski definition) is 9. The Hall–Kier alpha value is -2.94. The third-order valence-corrected chi connectivity index (χ3v) is 6.40. The van der Waals surface area contributed by atoms with Crippen LogP contribution in [-0.4, -0.2) is 42.6 Å². The van der Waals surface area contributed by atoms with Crippen molar-refractivity contribution in [2.75, 3.05) is 6.61 Å². The highest BCUT2D eigenvalue weighted by Crippen LogP contribution is 2.31. The predicted octanol–water partition coefficient (Wildman–Crippen LogP) is 4.86. The molecule has 0 radical (unpaired) electrons. The van der Waals surface area contributed by atoms with Crippen LogP contribution in [0.2, 0.25) is 0 Å². The van der Waals surface area contributed by atoms with E-state index in [4.69, 9.17) is 24.7 Å². The van der Waals surface area contributed by atoms with Gasteiger partial charge >= 0.3 is 23.9 Å². The molecule has 0 amide bonds. The molecule has 2 unspecified atom stereocenters. The summed E-state index contributed by atoms with van der Waals surface area (Å²) >= 11 is 0. The summed E-state index contributed by atoms with van der Waals surface area (Å²) in [4.78, 5) is 49.8. The molecule has 220 valence electrons. The maximum atomic E-state index is 12.7. The molecule has 0 aliphatic carbocycles. The van der Waals surface area contributed by atoms with Gasteiger partial charge in [0.15, 0.2) is 11.5 Å². The number of rotatable bonds is 13. The summed E-state index contributed by atoms with van der Waals surface area (Å²) in [5, 5.41) is 0. The lowest BCUT2D eigenvalue weighted by molar-refractivity contribution is -0.159. The molecule has 39 heavy (non-hydrogen) atoms. The van der Waals surface area contributed by atoms with Crippen LogP contribution in [0.5, 0.6) is 11.5 Å². The molecule has 0 heterocycles. The summed E-state index contributed by atoms with van der Waals surface area (Å²) in [6, 6.07) is 3.69. The minimum absolute atomic E-state index is 0.0468. The van der Waals surface area contributed by atoms with Crippen molar-refractivity contribution in [3.8, 4) is 11.5 Å². The molecule has 9 heteroatoms. The van der Waals surface area contributed by atoms with Crippen molar-refractivity contribution in [3.63, 3.8) is 0 Å². The molecule has 4 atom stereocenters. The Balaban J connectivity index is 2.96. The minimum Gasteiger partial charge on any atom is -0.462 e. The van der Waals surface area contributed by atoms with E-state index in [1.165, 1.54) is 6.07 Å². The van der Waals surface area contributed by atoms with E-state index < -0.39 is 30.1 Å². The van der Waals surface area contributed by atoms with Gasteiger partial charge in [0, 0.05) is 0 Å². The summed E-state index contributed by atoms with van der Waals surface area (Å²) < 4.78 is 21.7. The molecule has 0 aliphatic heterocycles. The Kier molecular flexibility index (Phi) is 13.1. The molecule has 2 N–H and O–H groups in total. The van der Waals surface area contributed by atoms with E-state index in [1.807, 2.05) is 48.5 Å². The van der Waals surface area contributed by atoms with Gasteiger partial charge in [0.1, 0.15) is 18.8 Å². The minimum atomic E-state index is -1.02. The fraction of sp³-hybridized carbons (Fsp3) is 0.667. The van der Waals surface area contributed by atoms with E-state index in [2.05, 4.69) is 0 Å². The molecule has 0 fully saturated rings. The highest BCUT2D eigenvalue weighted by molar-refractivity contribution is 5.79. The first-order valence-electron chi connectivity index (χ1n) is 13.6. The third-order valence-electron chi connectivity index (χ3n) is 6.40. The van der Waals surface area contributed by atoms with Crippen molar-refractivity contribution in [1.29, 1.82) is 0 Å². The summed E-state index contributed by atoms with van der Waals surface area (Å²) in [5.74, 6) is -2.38. The van der Waals surface area contributed by atoms with Crippen LogP contribution in [0.3, 0.4) is 0 Å². The fourth-order valence-corrected chi connectivity index (χ4v) is 3.14. The lowest BCUT2D eigenvalue weighted by Gasteiger charge is -2.20. The molecular weight excluding hydrogens is 502 g/mol. The van der Waals surface area contributed by atoms with Gasteiger partial charge in [-0.3, -0.25) is 19.2 Å². The first-order chi connectivity index (χ1) is 17.9. The molecule has 9 nitrogen and oxygen atoms in total. The van der Waals surface area contributed by atoms with E-state index in [1.54, 1.807) is 32.9 Å². The van der Waals surface area contributed by atoms with Crippen molar-refractivity contribution in [1.82, 2.24) is 0 Å². The van der Waals surface area contributed by atoms with Gasteiger partial charge in [0.25, 0.3) is 0 Å². The molecular formula is C30H47NO8. The number of carbonyl (C=O) groups is 4. The summed E-state index contributed by atoms with van der Waals surface area (Å²) in [5.41, 5.74) is 6.47. The second kappa shape index (κ2) is 15.0. The number of hydrogen-bond donors (Lipinski definition) is 1. The van der Waals surface area contributed by atoms with Crippen LogP contribution in [-0.2, 0) is 35.1 Å². The number of esters is 4. The zero-order valence-corrected chi connectivity index (χ0v) is 25.2. The summed E-state index contributed by atoms with van der Waals surface area (Å²) in [6.45, 7) is 18.5. The van der Waals surface area contributed by atoms with Crippen molar-refractivity contribution in [3.05, 3.63) is 23.8 Å². The van der Waals surface area contributed by atoms with E-state index in [0.29, 0.717) is 5.56 Å². The molecule has 1 rings (SSSR count). The summed E-state index contributed by atoms with van der Waals surface area (Å²) in [6.07, 6.45) is -0.347. The molecule has 0 bridgehead atoms. The molecule has 0 saturated carbocycles. The van der Waals surface area contributed by atoms with Crippen LogP contribution in [0.15, 0.2) is 18.2 Å². The zero-order valence-electron chi connectivity index (χ0n) is 25.2. The van der Waals surface area contributed by atoms with Gasteiger partial charge in [-0.05, 0) is 48.3 Å². The van der Waals surface area contributed by atoms with Gasteiger partial charge in [-0.25, -0.2) is 0 Å². The second-order valence-corrected chi connectivity index (χ2v) is 12.2. The standard InChI is InChI=1S/C30H47NO8/c1-17(2)20(6)27(33)38-24-12-11-22(14-25(24)39-28(34)21(7)18(3)4)13-23(31)29(35)37-19(5)16-36-26(32)15-30(8,9)10/h11-12,14,17-21,23H,13,15-16,31H2,1-10H3/t19-,20?,21?,23-/m0/s1. The van der Waals surface area contributed by atoms with Crippen LogP contribution in [0.1, 0.15) is 81.2 Å². The van der Waals surface area contributed by atoms with Crippen molar-refractivity contribution >= 4 is 23.9 Å². The number of carbonyl (C=O) groups excluding carboxylic acids is 4. The van der Waals surface area contributed by atoms with Gasteiger partial charge in [0.05, 0.1) is 18.3 Å². The largest absolute Gasteiger partial charge is 0.462 e. The molecule has 1 aromatic carbocycles. The highest BCUT2D eigenvalue weighted by atomic mass is 16.6. The van der Waals surface area contributed by atoms with Gasteiger partial charge < -0.3 is 24.7 Å². The van der Waals surface area contributed by atoms with Crippen molar-refractivity contribution in [2.45, 2.75) is 94.2 Å². The van der Waals surface area contributed by atoms with Crippen molar-refractivity contribution < 1.29 is 38.1 Å². The monoisotopic (exact) mass is 549 g/mol. The van der Waals surface area contributed by atoms with E-state index in [0.717, 1.165) is 0 Å².